The molecular formula is C13H17N3O2. The second-order valence-electron chi connectivity index (χ2n) is 5.14. The highest BCUT2D eigenvalue weighted by molar-refractivity contribution is 6.02. The maximum atomic E-state index is 12.0. The van der Waals surface area contributed by atoms with Crippen molar-refractivity contribution in [2.24, 2.45) is 5.73 Å². The number of rotatable bonds is 3. The second kappa shape index (κ2) is 4.42. The van der Waals surface area contributed by atoms with Crippen molar-refractivity contribution in [2.75, 3.05) is 11.9 Å². The van der Waals surface area contributed by atoms with Crippen LogP contribution in [-0.2, 0) is 11.2 Å². The number of amides is 2. The summed E-state index contributed by atoms with van der Waals surface area (Å²) >= 11 is 0. The molecule has 0 aromatic heterocycles. The Hall–Kier alpha value is -1.88. The lowest BCUT2D eigenvalue weighted by molar-refractivity contribution is -0.115. The zero-order valence-corrected chi connectivity index (χ0v) is 10.5. The molecule has 1 aromatic carbocycles. The Kier molecular flexibility index (Phi) is 3.09. The van der Waals surface area contributed by atoms with Gasteiger partial charge in [0.2, 0.25) is 5.91 Å². The first kappa shape index (κ1) is 12.6. The maximum absolute atomic E-state index is 12.0. The molecule has 4 N–H and O–H groups in total. The van der Waals surface area contributed by atoms with Crippen LogP contribution in [-0.4, -0.2) is 23.9 Å². The summed E-state index contributed by atoms with van der Waals surface area (Å²) in [7, 11) is 0. The summed E-state index contributed by atoms with van der Waals surface area (Å²) in [5, 5.41) is 5.57. The van der Waals surface area contributed by atoms with Crippen molar-refractivity contribution in [3.8, 4) is 0 Å². The molecule has 1 aliphatic rings. The van der Waals surface area contributed by atoms with Gasteiger partial charge in [-0.05, 0) is 31.5 Å². The van der Waals surface area contributed by atoms with Crippen LogP contribution in [0.5, 0.6) is 0 Å². The number of hydrogen-bond acceptors (Lipinski definition) is 3. The van der Waals surface area contributed by atoms with Crippen LogP contribution in [0.25, 0.3) is 0 Å². The fourth-order valence-corrected chi connectivity index (χ4v) is 1.79. The maximum Gasteiger partial charge on any atom is 0.251 e. The highest BCUT2D eigenvalue weighted by Gasteiger charge is 2.22. The predicted molar refractivity (Wildman–Crippen MR) is 69.4 cm³/mol. The minimum atomic E-state index is -0.445. The third-order valence-corrected chi connectivity index (χ3v) is 2.96. The van der Waals surface area contributed by atoms with Crippen LogP contribution in [0.15, 0.2) is 18.2 Å². The van der Waals surface area contributed by atoms with Gasteiger partial charge in [-0.25, -0.2) is 0 Å². The summed E-state index contributed by atoms with van der Waals surface area (Å²) in [6.45, 7) is 4.08. The lowest BCUT2D eigenvalue weighted by Gasteiger charge is -2.24. The highest BCUT2D eigenvalue weighted by Crippen LogP contribution is 2.24. The molecule has 0 bridgehead atoms. The number of carbonyl (C=O) groups excluding carboxylic acids is 2. The van der Waals surface area contributed by atoms with Crippen molar-refractivity contribution in [2.45, 2.75) is 25.8 Å². The number of nitrogens with one attached hydrogen (secondary N) is 2. The Bertz CT molecular complexity index is 509. The van der Waals surface area contributed by atoms with E-state index in [9.17, 15) is 9.59 Å². The van der Waals surface area contributed by atoms with Crippen molar-refractivity contribution in [1.29, 1.82) is 0 Å². The Balaban J connectivity index is 2.18. The number of carbonyl (C=O) groups is 2. The lowest BCUT2D eigenvalue weighted by atomic mass is 10.0. The van der Waals surface area contributed by atoms with Crippen LogP contribution in [0.2, 0.25) is 0 Å². The van der Waals surface area contributed by atoms with E-state index in [4.69, 9.17) is 5.73 Å². The van der Waals surface area contributed by atoms with E-state index in [1.165, 1.54) is 0 Å². The Morgan fingerprint density at radius 2 is 2.22 bits per heavy atom. The number of fused-ring (bicyclic) bond motifs is 1. The van der Waals surface area contributed by atoms with Gasteiger partial charge in [0, 0.05) is 23.3 Å². The summed E-state index contributed by atoms with van der Waals surface area (Å²) in [5.41, 5.74) is 7.30. The molecule has 1 aliphatic heterocycles. The van der Waals surface area contributed by atoms with Gasteiger partial charge < -0.3 is 16.4 Å². The smallest absolute Gasteiger partial charge is 0.251 e. The van der Waals surface area contributed by atoms with E-state index in [-0.39, 0.29) is 11.8 Å². The second-order valence-corrected chi connectivity index (χ2v) is 5.14. The number of hydrogen-bond donors (Lipinski definition) is 3. The molecule has 1 heterocycles. The molecule has 5 nitrogen and oxygen atoms in total. The first-order valence-electron chi connectivity index (χ1n) is 5.87. The van der Waals surface area contributed by atoms with Crippen molar-refractivity contribution < 1.29 is 9.59 Å². The third-order valence-electron chi connectivity index (χ3n) is 2.96. The van der Waals surface area contributed by atoms with E-state index in [1.54, 1.807) is 18.2 Å². The van der Waals surface area contributed by atoms with E-state index < -0.39 is 5.54 Å². The minimum absolute atomic E-state index is 0.0372. The van der Waals surface area contributed by atoms with Crippen molar-refractivity contribution in [3.63, 3.8) is 0 Å². The first-order chi connectivity index (χ1) is 8.41. The van der Waals surface area contributed by atoms with Crippen LogP contribution in [0.1, 0.15) is 29.8 Å². The first-order valence-corrected chi connectivity index (χ1v) is 5.87. The zero-order chi connectivity index (χ0) is 13.3. The standard InChI is InChI=1S/C13H17N3O2/c1-13(2,7-14)16-12(18)9-4-3-8-6-11(17)15-10(8)5-9/h3-5H,6-7,14H2,1-2H3,(H,15,17)(H,16,18). The van der Waals surface area contributed by atoms with E-state index in [0.29, 0.717) is 18.5 Å². The SMILES string of the molecule is CC(C)(CN)NC(=O)c1ccc2c(c1)NC(=O)C2. The molecule has 0 radical (unpaired) electrons. The Morgan fingerprint density at radius 3 is 2.89 bits per heavy atom. The molecular weight excluding hydrogens is 230 g/mol. The molecule has 1 aromatic rings. The van der Waals surface area contributed by atoms with Gasteiger partial charge in [-0.2, -0.15) is 0 Å². The van der Waals surface area contributed by atoms with Gasteiger partial charge in [0.05, 0.1) is 6.42 Å². The third kappa shape index (κ3) is 2.51. The summed E-state index contributed by atoms with van der Waals surface area (Å²) in [5.74, 6) is -0.223. The van der Waals surface area contributed by atoms with Crippen molar-refractivity contribution in [3.05, 3.63) is 29.3 Å². The van der Waals surface area contributed by atoms with Crippen LogP contribution in [0.3, 0.4) is 0 Å². The van der Waals surface area contributed by atoms with Crippen molar-refractivity contribution >= 4 is 17.5 Å². The van der Waals surface area contributed by atoms with Gasteiger partial charge in [-0.1, -0.05) is 6.07 Å². The van der Waals surface area contributed by atoms with Gasteiger partial charge in [-0.3, -0.25) is 9.59 Å². The molecule has 0 fully saturated rings. The average Bonchev–Trinajstić information content (AvgIpc) is 2.67. The number of anilines is 1. The lowest BCUT2D eigenvalue weighted by Crippen LogP contribution is -2.48. The monoisotopic (exact) mass is 247 g/mol. The minimum Gasteiger partial charge on any atom is -0.346 e. The molecule has 0 unspecified atom stereocenters. The van der Waals surface area contributed by atoms with Gasteiger partial charge >= 0.3 is 0 Å². The number of nitrogens with two attached hydrogens (primary N) is 1. The summed E-state index contributed by atoms with van der Waals surface area (Å²) in [6, 6.07) is 5.22. The highest BCUT2D eigenvalue weighted by atomic mass is 16.2. The molecule has 2 rings (SSSR count). The summed E-state index contributed by atoms with van der Waals surface area (Å²) in [4.78, 5) is 23.2. The molecule has 5 heteroatoms. The molecule has 18 heavy (non-hydrogen) atoms. The van der Waals surface area contributed by atoms with E-state index in [2.05, 4.69) is 10.6 Å². The zero-order valence-electron chi connectivity index (χ0n) is 10.5. The Morgan fingerprint density at radius 1 is 1.50 bits per heavy atom. The largest absolute Gasteiger partial charge is 0.346 e. The molecule has 2 amide bonds. The van der Waals surface area contributed by atoms with Crippen molar-refractivity contribution in [1.82, 2.24) is 5.32 Å². The molecule has 0 aliphatic carbocycles. The fraction of sp³-hybridized carbons (Fsp3) is 0.385. The fourth-order valence-electron chi connectivity index (χ4n) is 1.79. The topological polar surface area (TPSA) is 84.2 Å². The van der Waals surface area contributed by atoms with Crippen LogP contribution < -0.4 is 16.4 Å². The molecule has 0 spiro atoms. The van der Waals surface area contributed by atoms with Crippen LogP contribution in [0.4, 0.5) is 5.69 Å². The molecule has 96 valence electrons. The molecule has 0 saturated carbocycles. The summed E-state index contributed by atoms with van der Waals surface area (Å²) < 4.78 is 0. The Labute approximate surface area is 106 Å². The van der Waals surface area contributed by atoms with Gasteiger partial charge in [0.1, 0.15) is 0 Å². The van der Waals surface area contributed by atoms with E-state index in [0.717, 1.165) is 11.3 Å². The van der Waals surface area contributed by atoms with Gasteiger partial charge in [-0.15, -0.1) is 0 Å². The predicted octanol–water partition coefficient (Wildman–Crippen LogP) is 0.648. The number of benzene rings is 1. The molecule has 0 atom stereocenters. The van der Waals surface area contributed by atoms with E-state index in [1.807, 2.05) is 13.8 Å². The van der Waals surface area contributed by atoms with Gasteiger partial charge in [0.25, 0.3) is 5.91 Å². The van der Waals surface area contributed by atoms with E-state index >= 15 is 0 Å². The van der Waals surface area contributed by atoms with Gasteiger partial charge in [0.15, 0.2) is 0 Å². The van der Waals surface area contributed by atoms with Crippen LogP contribution >= 0.6 is 0 Å². The quantitative estimate of drug-likeness (QED) is 0.733. The normalized spacial score (nSPS) is 14.1. The average molecular weight is 247 g/mol. The van der Waals surface area contributed by atoms with Crippen LogP contribution in [0, 0.1) is 0 Å². The molecule has 0 saturated heterocycles. The summed E-state index contributed by atoms with van der Waals surface area (Å²) in [6.07, 6.45) is 0.380.